The largest absolute Gasteiger partial charge is 0.496 e. The average molecular weight is 333 g/mol. The lowest BCUT2D eigenvalue weighted by Gasteiger charge is -2.10. The van der Waals surface area contributed by atoms with Crippen molar-refractivity contribution in [2.24, 2.45) is 0 Å². The van der Waals surface area contributed by atoms with Crippen molar-refractivity contribution in [3.8, 4) is 5.75 Å². The normalized spacial score (nSPS) is 10.2. The lowest BCUT2D eigenvalue weighted by atomic mass is 10.2. The molecule has 0 atom stereocenters. The number of ether oxygens (including phenoxy) is 2. The van der Waals surface area contributed by atoms with Gasteiger partial charge in [-0.2, -0.15) is 0 Å². The Morgan fingerprint density at radius 2 is 1.83 bits per heavy atom. The van der Waals surface area contributed by atoms with Gasteiger partial charge in [-0.3, -0.25) is 10.1 Å². The van der Waals surface area contributed by atoms with Crippen molar-refractivity contribution in [1.29, 1.82) is 0 Å². The molecule has 0 spiro atoms. The van der Waals surface area contributed by atoms with Gasteiger partial charge in [-0.1, -0.05) is 11.8 Å². The van der Waals surface area contributed by atoms with Crippen molar-refractivity contribution < 1.29 is 19.2 Å². The van der Waals surface area contributed by atoms with E-state index in [0.717, 1.165) is 9.79 Å². The van der Waals surface area contributed by atoms with Crippen LogP contribution < -0.4 is 4.74 Å². The molecule has 0 fully saturated rings. The van der Waals surface area contributed by atoms with Crippen LogP contribution in [0.4, 0.5) is 5.69 Å². The highest BCUT2D eigenvalue weighted by Crippen LogP contribution is 2.33. The van der Waals surface area contributed by atoms with Crippen molar-refractivity contribution in [2.45, 2.75) is 16.7 Å². The molecule has 120 valence electrons. The lowest BCUT2D eigenvalue weighted by molar-refractivity contribution is -0.384. The van der Waals surface area contributed by atoms with E-state index in [1.54, 1.807) is 37.3 Å². The standard InChI is InChI=1S/C16H15NO5S/c1-3-22-16(18)14-9-8-13(10-15(14)21-2)23-12-6-4-11(5-7-12)17(19)20/h4-10H,3H2,1-2H3. The van der Waals surface area contributed by atoms with E-state index in [1.165, 1.54) is 31.0 Å². The molecule has 0 radical (unpaired) electrons. The molecule has 23 heavy (non-hydrogen) atoms. The van der Waals surface area contributed by atoms with Gasteiger partial charge in [-0.25, -0.2) is 4.79 Å². The molecule has 0 amide bonds. The number of methoxy groups -OCH3 is 1. The molecule has 0 unspecified atom stereocenters. The Balaban J connectivity index is 2.20. The van der Waals surface area contributed by atoms with Crippen molar-refractivity contribution in [1.82, 2.24) is 0 Å². The van der Waals surface area contributed by atoms with Gasteiger partial charge in [-0.15, -0.1) is 0 Å². The number of hydrogen-bond acceptors (Lipinski definition) is 6. The Labute approximate surface area is 137 Å². The first-order valence-corrected chi connectivity index (χ1v) is 7.64. The Hall–Kier alpha value is -2.54. The molecule has 0 saturated carbocycles. The monoisotopic (exact) mass is 333 g/mol. The van der Waals surface area contributed by atoms with Gasteiger partial charge in [0.15, 0.2) is 0 Å². The molecule has 0 aliphatic carbocycles. The second-order valence-electron chi connectivity index (χ2n) is 4.44. The predicted molar refractivity (Wildman–Crippen MR) is 86.2 cm³/mol. The number of benzene rings is 2. The van der Waals surface area contributed by atoms with Gasteiger partial charge in [-0.05, 0) is 37.3 Å². The van der Waals surface area contributed by atoms with Crippen LogP contribution in [0.25, 0.3) is 0 Å². The fourth-order valence-electron chi connectivity index (χ4n) is 1.88. The molecule has 7 heteroatoms. The van der Waals surface area contributed by atoms with E-state index in [2.05, 4.69) is 0 Å². The van der Waals surface area contributed by atoms with Crippen molar-refractivity contribution in [3.05, 3.63) is 58.1 Å². The Morgan fingerprint density at radius 3 is 2.39 bits per heavy atom. The lowest BCUT2D eigenvalue weighted by Crippen LogP contribution is -2.06. The van der Waals surface area contributed by atoms with Crippen molar-refractivity contribution in [2.75, 3.05) is 13.7 Å². The van der Waals surface area contributed by atoms with Gasteiger partial charge in [0.2, 0.25) is 0 Å². The van der Waals surface area contributed by atoms with Gasteiger partial charge in [0.1, 0.15) is 11.3 Å². The molecule has 2 aromatic carbocycles. The van der Waals surface area contributed by atoms with E-state index < -0.39 is 10.9 Å². The molecule has 6 nitrogen and oxygen atoms in total. The maximum absolute atomic E-state index is 11.8. The van der Waals surface area contributed by atoms with E-state index in [9.17, 15) is 14.9 Å². The third-order valence-electron chi connectivity index (χ3n) is 2.95. The zero-order valence-electron chi connectivity index (χ0n) is 12.6. The number of nitro benzene ring substituents is 1. The molecule has 2 rings (SSSR count). The summed E-state index contributed by atoms with van der Waals surface area (Å²) in [4.78, 5) is 23.7. The first-order valence-electron chi connectivity index (χ1n) is 6.82. The third-order valence-corrected chi connectivity index (χ3v) is 3.95. The van der Waals surface area contributed by atoms with Gasteiger partial charge < -0.3 is 9.47 Å². The van der Waals surface area contributed by atoms with Crippen LogP contribution in [0.5, 0.6) is 5.75 Å². The number of rotatable bonds is 6. The summed E-state index contributed by atoms with van der Waals surface area (Å²) >= 11 is 1.42. The second kappa shape index (κ2) is 7.64. The molecule has 0 N–H and O–H groups in total. The molecular weight excluding hydrogens is 318 g/mol. The van der Waals surface area contributed by atoms with Crippen LogP contribution in [-0.2, 0) is 4.74 Å². The van der Waals surface area contributed by atoms with Crippen molar-refractivity contribution in [3.63, 3.8) is 0 Å². The Kier molecular flexibility index (Phi) is 5.59. The van der Waals surface area contributed by atoms with Crippen LogP contribution in [0, 0.1) is 10.1 Å². The Morgan fingerprint density at radius 1 is 1.17 bits per heavy atom. The van der Waals surface area contributed by atoms with E-state index in [0.29, 0.717) is 17.9 Å². The summed E-state index contributed by atoms with van der Waals surface area (Å²) in [5, 5.41) is 10.6. The zero-order chi connectivity index (χ0) is 16.8. The van der Waals surface area contributed by atoms with Gasteiger partial charge in [0.05, 0.1) is 18.6 Å². The molecule has 0 bridgehead atoms. The van der Waals surface area contributed by atoms with Crippen LogP contribution in [0.2, 0.25) is 0 Å². The molecule has 0 aliphatic heterocycles. The fraction of sp³-hybridized carbons (Fsp3) is 0.188. The number of carbonyl (C=O) groups is 1. The molecule has 2 aromatic rings. The molecule has 0 saturated heterocycles. The summed E-state index contributed by atoms with van der Waals surface area (Å²) in [5.41, 5.74) is 0.409. The predicted octanol–water partition coefficient (Wildman–Crippen LogP) is 3.93. The average Bonchev–Trinajstić information content (AvgIpc) is 2.55. The highest BCUT2D eigenvalue weighted by atomic mass is 32.2. The molecule has 0 aliphatic rings. The van der Waals surface area contributed by atoms with Gasteiger partial charge >= 0.3 is 5.97 Å². The second-order valence-corrected chi connectivity index (χ2v) is 5.58. The topological polar surface area (TPSA) is 78.7 Å². The minimum atomic E-state index is -0.439. The minimum Gasteiger partial charge on any atom is -0.496 e. The number of hydrogen-bond donors (Lipinski definition) is 0. The fourth-order valence-corrected chi connectivity index (χ4v) is 2.73. The zero-order valence-corrected chi connectivity index (χ0v) is 13.5. The number of nitrogens with zero attached hydrogens (tertiary/aromatic N) is 1. The third kappa shape index (κ3) is 4.23. The highest BCUT2D eigenvalue weighted by Gasteiger charge is 2.14. The molecule has 0 aromatic heterocycles. The summed E-state index contributed by atoms with van der Waals surface area (Å²) in [6.45, 7) is 2.03. The SMILES string of the molecule is CCOC(=O)c1ccc(Sc2ccc([N+](=O)[O-])cc2)cc1OC. The summed E-state index contributed by atoms with van der Waals surface area (Å²) in [5.74, 6) is -0.00778. The van der Waals surface area contributed by atoms with Crippen LogP contribution in [-0.4, -0.2) is 24.6 Å². The number of carbonyl (C=O) groups excluding carboxylic acids is 1. The van der Waals surface area contributed by atoms with Crippen molar-refractivity contribution >= 4 is 23.4 Å². The summed E-state index contributed by atoms with van der Waals surface area (Å²) in [6, 6.07) is 11.4. The Bertz CT molecular complexity index is 715. The van der Waals surface area contributed by atoms with Gasteiger partial charge in [0, 0.05) is 21.9 Å². The summed E-state index contributed by atoms with van der Waals surface area (Å²) in [6.07, 6.45) is 0. The van der Waals surface area contributed by atoms with E-state index in [4.69, 9.17) is 9.47 Å². The number of non-ortho nitro benzene ring substituents is 1. The summed E-state index contributed by atoms with van der Waals surface area (Å²) in [7, 11) is 1.48. The maximum atomic E-state index is 11.8. The van der Waals surface area contributed by atoms with E-state index >= 15 is 0 Å². The molecular formula is C16H15NO5S. The first kappa shape index (κ1) is 16.8. The van der Waals surface area contributed by atoms with Crippen LogP contribution >= 0.6 is 11.8 Å². The maximum Gasteiger partial charge on any atom is 0.341 e. The van der Waals surface area contributed by atoms with Crippen LogP contribution in [0.3, 0.4) is 0 Å². The number of esters is 1. The van der Waals surface area contributed by atoms with Gasteiger partial charge in [0.25, 0.3) is 5.69 Å². The van der Waals surface area contributed by atoms with Crippen LogP contribution in [0.1, 0.15) is 17.3 Å². The van der Waals surface area contributed by atoms with E-state index in [-0.39, 0.29) is 5.69 Å². The number of nitro groups is 1. The van der Waals surface area contributed by atoms with Crippen LogP contribution in [0.15, 0.2) is 52.3 Å². The minimum absolute atomic E-state index is 0.0459. The highest BCUT2D eigenvalue weighted by molar-refractivity contribution is 7.99. The quantitative estimate of drug-likeness (QED) is 0.453. The first-order chi connectivity index (χ1) is 11.0. The smallest absolute Gasteiger partial charge is 0.341 e. The summed E-state index contributed by atoms with van der Waals surface area (Å²) < 4.78 is 10.2. The van der Waals surface area contributed by atoms with E-state index in [1.807, 2.05) is 0 Å². The molecule has 0 heterocycles.